The minimum absolute atomic E-state index is 0.772. The van der Waals surface area contributed by atoms with Gasteiger partial charge in [-0.25, -0.2) is 14.5 Å². The van der Waals surface area contributed by atoms with E-state index in [4.69, 9.17) is 9.97 Å². The van der Waals surface area contributed by atoms with Gasteiger partial charge < -0.3 is 4.57 Å². The first-order valence-electron chi connectivity index (χ1n) is 9.74. The van der Waals surface area contributed by atoms with Crippen LogP contribution in [0.5, 0.6) is 0 Å². The highest BCUT2D eigenvalue weighted by atomic mass is 32.2. The Morgan fingerprint density at radius 1 is 1.07 bits per heavy atom. The highest BCUT2D eigenvalue weighted by molar-refractivity contribution is 7.98. The van der Waals surface area contributed by atoms with Crippen molar-refractivity contribution in [1.82, 2.24) is 24.1 Å². The molecular weight excluding hydrogens is 366 g/mol. The van der Waals surface area contributed by atoms with Crippen LogP contribution in [-0.4, -0.2) is 24.1 Å². The van der Waals surface area contributed by atoms with Gasteiger partial charge in [0.25, 0.3) is 0 Å². The third kappa shape index (κ3) is 3.56. The van der Waals surface area contributed by atoms with E-state index in [-0.39, 0.29) is 0 Å². The van der Waals surface area contributed by atoms with Crippen LogP contribution in [-0.2, 0) is 12.3 Å². The van der Waals surface area contributed by atoms with Gasteiger partial charge in [0.2, 0.25) is 5.16 Å². The summed E-state index contributed by atoms with van der Waals surface area (Å²) in [5, 5.41) is 5.47. The molecule has 0 bridgehead atoms. The van der Waals surface area contributed by atoms with Crippen LogP contribution in [0.4, 0.5) is 0 Å². The lowest BCUT2D eigenvalue weighted by molar-refractivity contribution is 0.608. The van der Waals surface area contributed by atoms with Crippen LogP contribution in [0.3, 0.4) is 0 Å². The first-order valence-corrected chi connectivity index (χ1v) is 10.7. The molecule has 1 fully saturated rings. The molecule has 28 heavy (non-hydrogen) atoms. The van der Waals surface area contributed by atoms with Crippen LogP contribution >= 0.6 is 11.8 Å². The lowest BCUT2D eigenvalue weighted by Crippen LogP contribution is -2.03. The van der Waals surface area contributed by atoms with Gasteiger partial charge in [-0.2, -0.15) is 0 Å². The van der Waals surface area contributed by atoms with Gasteiger partial charge >= 0.3 is 0 Å². The van der Waals surface area contributed by atoms with E-state index in [1.807, 2.05) is 10.6 Å². The Kier molecular flexibility index (Phi) is 4.43. The lowest BCUT2D eigenvalue weighted by Gasteiger charge is -2.05. The molecule has 1 aliphatic rings. The molecule has 0 N–H and O–H groups in total. The fourth-order valence-corrected chi connectivity index (χ4v) is 4.32. The number of fused-ring (bicyclic) bond motifs is 1. The van der Waals surface area contributed by atoms with E-state index in [1.54, 1.807) is 11.8 Å². The number of hydrogen-bond acceptors (Lipinski definition) is 4. The zero-order valence-electron chi connectivity index (χ0n) is 16.2. The molecule has 0 unspecified atom stereocenters. The monoisotopic (exact) mass is 389 g/mol. The van der Waals surface area contributed by atoms with Gasteiger partial charge in [-0.15, -0.1) is 5.10 Å². The third-order valence-corrected chi connectivity index (χ3v) is 5.98. The summed E-state index contributed by atoms with van der Waals surface area (Å²) in [5.74, 6) is 2.68. The summed E-state index contributed by atoms with van der Waals surface area (Å²) in [6.45, 7) is 5.22. The Morgan fingerprint density at radius 3 is 2.68 bits per heavy atom. The zero-order valence-corrected chi connectivity index (χ0v) is 17.0. The molecule has 5 nitrogen and oxygen atoms in total. The van der Waals surface area contributed by atoms with E-state index in [9.17, 15) is 0 Å². The SMILES string of the molecule is Cc1cc(C)n2nc(SCc3nc(-c4ccccc4)cn3CC3CC3)nc2c1. The molecule has 0 radical (unpaired) electrons. The molecule has 3 aromatic heterocycles. The van der Waals surface area contributed by atoms with E-state index in [2.05, 4.69) is 66.1 Å². The van der Waals surface area contributed by atoms with Crippen molar-refractivity contribution in [2.75, 3.05) is 0 Å². The Morgan fingerprint density at radius 2 is 1.89 bits per heavy atom. The number of rotatable bonds is 6. The Balaban J connectivity index is 1.41. The summed E-state index contributed by atoms with van der Waals surface area (Å²) in [6.07, 6.45) is 4.87. The number of hydrogen-bond donors (Lipinski definition) is 0. The zero-order chi connectivity index (χ0) is 19.1. The summed E-state index contributed by atoms with van der Waals surface area (Å²) in [4.78, 5) is 9.64. The molecule has 0 atom stereocenters. The molecule has 0 aliphatic heterocycles. The second-order valence-corrected chi connectivity index (χ2v) is 8.57. The molecular formula is C22H23N5S. The second kappa shape index (κ2) is 7.09. The molecule has 1 aromatic carbocycles. The highest BCUT2D eigenvalue weighted by Crippen LogP contribution is 2.33. The standard InChI is InChI=1S/C22H23N5S/c1-15-10-16(2)27-20(11-15)24-22(25-27)28-14-21-23-19(18-6-4-3-5-7-18)13-26(21)12-17-8-9-17/h3-7,10-11,13,17H,8-9,12,14H2,1-2H3. The Labute approximate surface area is 168 Å². The van der Waals surface area contributed by atoms with Crippen molar-refractivity contribution in [3.8, 4) is 11.3 Å². The molecule has 0 amide bonds. The summed E-state index contributed by atoms with van der Waals surface area (Å²) in [5.41, 5.74) is 5.44. The van der Waals surface area contributed by atoms with Crippen LogP contribution in [0.15, 0.2) is 53.8 Å². The predicted molar refractivity (Wildman–Crippen MR) is 112 cm³/mol. The number of imidazole rings is 1. The van der Waals surface area contributed by atoms with Crippen LogP contribution in [0.25, 0.3) is 16.9 Å². The van der Waals surface area contributed by atoms with Gasteiger partial charge in [0, 0.05) is 24.0 Å². The average Bonchev–Trinajstić information content (AvgIpc) is 3.26. The molecule has 3 heterocycles. The van der Waals surface area contributed by atoms with Crippen molar-refractivity contribution >= 4 is 17.4 Å². The van der Waals surface area contributed by atoms with E-state index in [0.29, 0.717) is 0 Å². The molecule has 5 rings (SSSR count). The van der Waals surface area contributed by atoms with Gasteiger partial charge in [0.1, 0.15) is 5.82 Å². The fourth-order valence-electron chi connectivity index (χ4n) is 3.54. The Hall–Kier alpha value is -2.60. The predicted octanol–water partition coefficient (Wildman–Crippen LogP) is 4.91. The number of thioether (sulfide) groups is 1. The lowest BCUT2D eigenvalue weighted by atomic mass is 10.2. The minimum atomic E-state index is 0.772. The molecule has 1 saturated carbocycles. The molecule has 4 aromatic rings. The number of aryl methyl sites for hydroxylation is 2. The van der Waals surface area contributed by atoms with E-state index in [1.165, 1.54) is 24.0 Å². The van der Waals surface area contributed by atoms with Crippen molar-refractivity contribution in [1.29, 1.82) is 0 Å². The third-order valence-electron chi connectivity index (χ3n) is 5.15. The van der Waals surface area contributed by atoms with Crippen molar-refractivity contribution in [3.05, 3.63) is 65.7 Å². The molecule has 0 saturated heterocycles. The number of nitrogens with zero attached hydrogens (tertiary/aromatic N) is 5. The number of benzene rings is 1. The van der Waals surface area contributed by atoms with Crippen molar-refractivity contribution in [2.24, 2.45) is 5.92 Å². The maximum absolute atomic E-state index is 4.94. The topological polar surface area (TPSA) is 48.0 Å². The van der Waals surface area contributed by atoms with Gasteiger partial charge in [0.15, 0.2) is 5.65 Å². The smallest absolute Gasteiger partial charge is 0.209 e. The number of pyridine rings is 1. The maximum atomic E-state index is 4.94. The van der Waals surface area contributed by atoms with Crippen LogP contribution in [0.2, 0.25) is 0 Å². The van der Waals surface area contributed by atoms with Crippen molar-refractivity contribution in [2.45, 2.75) is 44.1 Å². The van der Waals surface area contributed by atoms with Gasteiger partial charge in [-0.05, 0) is 50.3 Å². The summed E-state index contributed by atoms with van der Waals surface area (Å²) >= 11 is 1.66. The van der Waals surface area contributed by atoms with Crippen LogP contribution < -0.4 is 0 Å². The highest BCUT2D eigenvalue weighted by Gasteiger charge is 2.23. The van der Waals surface area contributed by atoms with E-state index < -0.39 is 0 Å². The average molecular weight is 390 g/mol. The first kappa shape index (κ1) is 17.5. The quantitative estimate of drug-likeness (QED) is 0.440. The minimum Gasteiger partial charge on any atom is -0.333 e. The van der Waals surface area contributed by atoms with Crippen LogP contribution in [0, 0.1) is 19.8 Å². The molecule has 0 spiro atoms. The second-order valence-electron chi connectivity index (χ2n) is 7.63. The van der Waals surface area contributed by atoms with Gasteiger partial charge in [-0.3, -0.25) is 0 Å². The fraction of sp³-hybridized carbons (Fsp3) is 0.318. The summed E-state index contributed by atoms with van der Waals surface area (Å²) in [6, 6.07) is 14.6. The Bertz CT molecular complexity index is 1120. The normalized spacial score (nSPS) is 14.1. The molecule has 142 valence electrons. The van der Waals surface area contributed by atoms with Crippen molar-refractivity contribution in [3.63, 3.8) is 0 Å². The van der Waals surface area contributed by atoms with Crippen LogP contribution in [0.1, 0.15) is 29.9 Å². The molecule has 1 aliphatic carbocycles. The van der Waals surface area contributed by atoms with E-state index >= 15 is 0 Å². The van der Waals surface area contributed by atoms with Gasteiger partial charge in [0.05, 0.1) is 11.4 Å². The maximum Gasteiger partial charge on any atom is 0.209 e. The summed E-state index contributed by atoms with van der Waals surface area (Å²) < 4.78 is 4.25. The number of aromatic nitrogens is 5. The van der Waals surface area contributed by atoms with E-state index in [0.717, 1.165) is 46.2 Å². The summed E-state index contributed by atoms with van der Waals surface area (Å²) in [7, 11) is 0. The van der Waals surface area contributed by atoms with Crippen molar-refractivity contribution < 1.29 is 0 Å². The molecule has 6 heteroatoms. The first-order chi connectivity index (χ1) is 13.7. The largest absolute Gasteiger partial charge is 0.333 e. The van der Waals surface area contributed by atoms with Gasteiger partial charge in [-0.1, -0.05) is 42.1 Å².